The van der Waals surface area contributed by atoms with Crippen LogP contribution in [0.4, 0.5) is 0 Å². The van der Waals surface area contributed by atoms with Crippen LogP contribution in [-0.2, 0) is 14.6 Å². The van der Waals surface area contributed by atoms with Crippen LogP contribution in [0.1, 0.15) is 13.3 Å². The SMILES string of the molecule is C[C@@H](SC1=NCCS1)C(=O)N[C@@H]1CCS(=O)(=O)C1. The van der Waals surface area contributed by atoms with E-state index in [4.69, 9.17) is 0 Å². The van der Waals surface area contributed by atoms with Gasteiger partial charge in [0.25, 0.3) is 0 Å². The molecule has 2 rings (SSSR count). The second-order valence-electron chi connectivity index (χ2n) is 4.36. The number of amides is 1. The Hall–Kier alpha value is -0.210. The fraction of sp³-hybridized carbons (Fsp3) is 0.800. The van der Waals surface area contributed by atoms with Gasteiger partial charge in [0.05, 0.1) is 23.3 Å². The molecule has 1 N–H and O–H groups in total. The lowest BCUT2D eigenvalue weighted by atomic mass is 10.2. The molecule has 0 bridgehead atoms. The zero-order chi connectivity index (χ0) is 13.2. The van der Waals surface area contributed by atoms with Gasteiger partial charge in [-0.05, 0) is 13.3 Å². The molecule has 102 valence electrons. The third-order valence-corrected chi connectivity index (χ3v) is 6.85. The van der Waals surface area contributed by atoms with Gasteiger partial charge in [0, 0.05) is 11.8 Å². The van der Waals surface area contributed by atoms with Gasteiger partial charge in [0.1, 0.15) is 4.38 Å². The highest BCUT2D eigenvalue weighted by atomic mass is 32.2. The number of sulfone groups is 1. The fourth-order valence-corrected chi connectivity index (χ4v) is 5.63. The lowest BCUT2D eigenvalue weighted by Gasteiger charge is -2.15. The lowest BCUT2D eigenvalue weighted by molar-refractivity contribution is -0.120. The van der Waals surface area contributed by atoms with Gasteiger partial charge in [0.15, 0.2) is 9.84 Å². The summed E-state index contributed by atoms with van der Waals surface area (Å²) in [5.41, 5.74) is 0. The number of nitrogens with one attached hydrogen (secondary N) is 1. The average molecular weight is 308 g/mol. The second-order valence-corrected chi connectivity index (χ2v) is 9.26. The van der Waals surface area contributed by atoms with Crippen LogP contribution in [0.3, 0.4) is 0 Å². The average Bonchev–Trinajstić information content (AvgIpc) is 2.88. The van der Waals surface area contributed by atoms with Gasteiger partial charge in [0.2, 0.25) is 5.91 Å². The molecular weight excluding hydrogens is 292 g/mol. The van der Waals surface area contributed by atoms with Crippen LogP contribution in [-0.4, -0.2) is 53.8 Å². The predicted octanol–water partition coefficient (Wildman–Crippen LogP) is 0.514. The standard InChI is InChI=1S/C10H16N2O3S3/c1-7(17-10-11-3-4-16-10)9(13)12-8-2-5-18(14,15)6-8/h7-8H,2-6H2,1H3,(H,12,13)/t7-,8-/m1/s1. The number of rotatable bonds is 3. The molecule has 18 heavy (non-hydrogen) atoms. The molecule has 0 unspecified atom stereocenters. The van der Waals surface area contributed by atoms with E-state index in [1.165, 1.54) is 11.8 Å². The zero-order valence-electron chi connectivity index (χ0n) is 10.1. The minimum atomic E-state index is -2.94. The first kappa shape index (κ1) is 14.2. The Labute approximate surface area is 115 Å². The van der Waals surface area contributed by atoms with Crippen molar-refractivity contribution in [2.24, 2.45) is 4.99 Å². The maximum atomic E-state index is 11.9. The van der Waals surface area contributed by atoms with Gasteiger partial charge in [-0.3, -0.25) is 9.79 Å². The summed E-state index contributed by atoms with van der Waals surface area (Å²) in [6.07, 6.45) is 0.529. The Morgan fingerprint density at radius 1 is 1.61 bits per heavy atom. The van der Waals surface area contributed by atoms with Crippen molar-refractivity contribution in [3.05, 3.63) is 0 Å². The molecular formula is C10H16N2O3S3. The minimum absolute atomic E-state index is 0.0752. The molecule has 2 aliphatic rings. The van der Waals surface area contributed by atoms with Crippen molar-refractivity contribution in [3.8, 4) is 0 Å². The molecule has 0 saturated carbocycles. The Kier molecular flexibility index (Phi) is 4.60. The Bertz CT molecular complexity index is 461. The number of carbonyl (C=O) groups excluding carboxylic acids is 1. The molecule has 2 heterocycles. The largest absolute Gasteiger partial charge is 0.351 e. The quantitative estimate of drug-likeness (QED) is 0.822. The third-order valence-electron chi connectivity index (χ3n) is 2.78. The monoisotopic (exact) mass is 308 g/mol. The summed E-state index contributed by atoms with van der Waals surface area (Å²) in [6.45, 7) is 2.65. The molecule has 1 fully saturated rings. The van der Waals surface area contributed by atoms with Crippen molar-refractivity contribution >= 4 is 43.6 Å². The number of thioether (sulfide) groups is 2. The molecule has 1 amide bonds. The summed E-state index contributed by atoms with van der Waals surface area (Å²) >= 11 is 3.12. The van der Waals surface area contributed by atoms with Gasteiger partial charge < -0.3 is 5.32 Å². The summed E-state index contributed by atoms with van der Waals surface area (Å²) in [4.78, 5) is 16.2. The van der Waals surface area contributed by atoms with Gasteiger partial charge in [-0.2, -0.15) is 0 Å². The number of nitrogens with zero attached hydrogens (tertiary/aromatic N) is 1. The maximum Gasteiger partial charge on any atom is 0.233 e. The van der Waals surface area contributed by atoms with E-state index in [2.05, 4.69) is 10.3 Å². The van der Waals surface area contributed by atoms with Crippen LogP contribution in [0, 0.1) is 0 Å². The van der Waals surface area contributed by atoms with E-state index in [0.717, 1.165) is 16.7 Å². The molecule has 0 spiro atoms. The normalized spacial score (nSPS) is 27.8. The third kappa shape index (κ3) is 3.89. The summed E-state index contributed by atoms with van der Waals surface area (Å²) in [5, 5.41) is 2.58. The Balaban J connectivity index is 1.80. The van der Waals surface area contributed by atoms with E-state index in [1.807, 2.05) is 6.92 Å². The van der Waals surface area contributed by atoms with Gasteiger partial charge in [-0.15, -0.1) is 0 Å². The summed E-state index contributed by atoms with van der Waals surface area (Å²) in [7, 11) is -2.94. The van der Waals surface area contributed by atoms with Crippen molar-refractivity contribution in [3.63, 3.8) is 0 Å². The van der Waals surface area contributed by atoms with E-state index in [9.17, 15) is 13.2 Å². The van der Waals surface area contributed by atoms with E-state index < -0.39 is 9.84 Å². The number of carbonyl (C=O) groups is 1. The molecule has 8 heteroatoms. The van der Waals surface area contributed by atoms with Crippen LogP contribution in [0.15, 0.2) is 4.99 Å². The molecule has 0 radical (unpaired) electrons. The number of aliphatic imine (C=N–C) groups is 1. The first-order valence-electron chi connectivity index (χ1n) is 5.81. The highest BCUT2D eigenvalue weighted by Crippen LogP contribution is 2.26. The van der Waals surface area contributed by atoms with Gasteiger partial charge in [-0.1, -0.05) is 23.5 Å². The summed E-state index contributed by atoms with van der Waals surface area (Å²) in [5.74, 6) is 1.14. The van der Waals surface area contributed by atoms with Crippen molar-refractivity contribution in [2.75, 3.05) is 23.8 Å². The second kappa shape index (κ2) is 5.83. The molecule has 1 saturated heterocycles. The van der Waals surface area contributed by atoms with E-state index >= 15 is 0 Å². The van der Waals surface area contributed by atoms with Crippen LogP contribution in [0.5, 0.6) is 0 Å². The maximum absolute atomic E-state index is 11.9. The Morgan fingerprint density at radius 2 is 2.39 bits per heavy atom. The Morgan fingerprint density at radius 3 is 2.94 bits per heavy atom. The van der Waals surface area contributed by atoms with Crippen LogP contribution in [0.25, 0.3) is 0 Å². The predicted molar refractivity (Wildman–Crippen MR) is 77.0 cm³/mol. The van der Waals surface area contributed by atoms with Crippen molar-refractivity contribution in [1.29, 1.82) is 0 Å². The van der Waals surface area contributed by atoms with Crippen molar-refractivity contribution < 1.29 is 13.2 Å². The minimum Gasteiger partial charge on any atom is -0.351 e. The highest BCUT2D eigenvalue weighted by molar-refractivity contribution is 8.39. The topological polar surface area (TPSA) is 75.6 Å². The lowest BCUT2D eigenvalue weighted by Crippen LogP contribution is -2.40. The van der Waals surface area contributed by atoms with Gasteiger partial charge in [-0.25, -0.2) is 8.42 Å². The molecule has 0 aliphatic carbocycles. The molecule has 0 aromatic heterocycles. The van der Waals surface area contributed by atoms with Crippen LogP contribution >= 0.6 is 23.5 Å². The highest BCUT2D eigenvalue weighted by Gasteiger charge is 2.30. The molecule has 0 aromatic rings. The number of hydrogen-bond acceptors (Lipinski definition) is 6. The first-order chi connectivity index (χ1) is 8.46. The summed E-state index contributed by atoms with van der Waals surface area (Å²) < 4.78 is 23.5. The van der Waals surface area contributed by atoms with E-state index in [0.29, 0.717) is 6.42 Å². The molecule has 2 aliphatic heterocycles. The zero-order valence-corrected chi connectivity index (χ0v) is 12.5. The first-order valence-corrected chi connectivity index (χ1v) is 9.50. The van der Waals surface area contributed by atoms with Crippen LogP contribution < -0.4 is 5.32 Å². The molecule has 2 atom stereocenters. The van der Waals surface area contributed by atoms with Crippen molar-refractivity contribution in [2.45, 2.75) is 24.6 Å². The van der Waals surface area contributed by atoms with Crippen LogP contribution in [0.2, 0.25) is 0 Å². The van der Waals surface area contributed by atoms with Gasteiger partial charge >= 0.3 is 0 Å². The smallest absolute Gasteiger partial charge is 0.233 e. The number of hydrogen-bond donors (Lipinski definition) is 1. The van der Waals surface area contributed by atoms with E-state index in [-0.39, 0.29) is 28.7 Å². The molecule has 0 aromatic carbocycles. The molecule has 5 nitrogen and oxygen atoms in total. The van der Waals surface area contributed by atoms with E-state index in [1.54, 1.807) is 11.8 Å². The summed E-state index contributed by atoms with van der Waals surface area (Å²) in [6, 6.07) is -0.219. The van der Waals surface area contributed by atoms with Crippen molar-refractivity contribution in [1.82, 2.24) is 5.32 Å². The fourth-order valence-electron chi connectivity index (χ4n) is 1.82.